The van der Waals surface area contributed by atoms with Gasteiger partial charge in [-0.3, -0.25) is 9.59 Å². The van der Waals surface area contributed by atoms with Crippen LogP contribution in [0.5, 0.6) is 0 Å². The Hall–Kier alpha value is -1.89. The van der Waals surface area contributed by atoms with Gasteiger partial charge in [-0.05, 0) is 37.0 Å². The maximum atomic E-state index is 12.7. The Morgan fingerprint density at radius 3 is 2.39 bits per heavy atom. The van der Waals surface area contributed by atoms with Crippen molar-refractivity contribution in [3.05, 3.63) is 57.8 Å². The third-order valence-electron chi connectivity index (χ3n) is 4.44. The van der Waals surface area contributed by atoms with Crippen LogP contribution < -0.4 is 11.1 Å². The summed E-state index contributed by atoms with van der Waals surface area (Å²) in [7, 11) is 0. The fourth-order valence-corrected chi connectivity index (χ4v) is 3.56. The highest BCUT2D eigenvalue weighted by molar-refractivity contribution is 7.11. The van der Waals surface area contributed by atoms with E-state index in [0.29, 0.717) is 13.1 Å². The number of hydrogen-bond donors (Lipinski definition) is 2. The monoisotopic (exact) mass is 423 g/mol. The summed E-state index contributed by atoms with van der Waals surface area (Å²) in [6.07, 6.45) is 0.774. The fraction of sp³-hybridized carbons (Fsp3) is 0.429. The van der Waals surface area contributed by atoms with Gasteiger partial charge < -0.3 is 16.0 Å². The summed E-state index contributed by atoms with van der Waals surface area (Å²) in [5.41, 5.74) is 7.03. The minimum absolute atomic E-state index is 0. The van der Waals surface area contributed by atoms with Crippen LogP contribution in [0.3, 0.4) is 0 Å². The molecule has 1 atom stereocenters. The number of amides is 2. The van der Waals surface area contributed by atoms with Crippen LogP contribution in [-0.4, -0.2) is 35.8 Å². The summed E-state index contributed by atoms with van der Waals surface area (Å²) >= 11 is 1.69. The maximum absolute atomic E-state index is 12.7. The van der Waals surface area contributed by atoms with Gasteiger partial charge >= 0.3 is 0 Å². The number of thiophene rings is 1. The number of halogens is 1. The number of nitrogens with one attached hydrogen (secondary N) is 1. The minimum Gasteiger partial charge on any atom is -0.346 e. The Balaban J connectivity index is 0.00000392. The van der Waals surface area contributed by atoms with E-state index in [0.717, 1.165) is 11.3 Å². The predicted molar refractivity (Wildman–Crippen MR) is 118 cm³/mol. The van der Waals surface area contributed by atoms with E-state index in [1.807, 2.05) is 32.0 Å². The highest BCUT2D eigenvalue weighted by atomic mass is 35.5. The number of carbonyl (C=O) groups excluding carboxylic acids is 2. The van der Waals surface area contributed by atoms with E-state index in [4.69, 9.17) is 5.73 Å². The second-order valence-corrected chi connectivity index (χ2v) is 8.42. The van der Waals surface area contributed by atoms with Crippen molar-refractivity contribution < 1.29 is 9.59 Å². The molecule has 0 aliphatic rings. The van der Waals surface area contributed by atoms with Crippen molar-refractivity contribution in [2.45, 2.75) is 39.8 Å². The standard InChI is InChI=1S/C21H29N3O2S.ClH/c1-15(2)20(22)21(26)23-13-19(25)24(14-18-10-9-16(3)27-18)12-11-17-7-5-4-6-8-17;/h4-10,15,20H,11-14,22H2,1-3H3,(H,23,26);1H/t20-;/m0./s1. The summed E-state index contributed by atoms with van der Waals surface area (Å²) in [5.74, 6) is -0.349. The Morgan fingerprint density at radius 2 is 1.82 bits per heavy atom. The Labute approximate surface area is 177 Å². The highest BCUT2D eigenvalue weighted by Crippen LogP contribution is 2.17. The molecule has 2 aromatic rings. The van der Waals surface area contributed by atoms with Gasteiger partial charge in [-0.1, -0.05) is 44.2 Å². The first kappa shape index (κ1) is 24.1. The average Bonchev–Trinajstić information content (AvgIpc) is 3.07. The van der Waals surface area contributed by atoms with E-state index < -0.39 is 6.04 Å². The normalized spacial score (nSPS) is 11.6. The van der Waals surface area contributed by atoms with Gasteiger partial charge in [0.25, 0.3) is 0 Å². The Morgan fingerprint density at radius 1 is 1.14 bits per heavy atom. The van der Waals surface area contributed by atoms with Crippen LogP contribution >= 0.6 is 23.7 Å². The zero-order valence-corrected chi connectivity index (χ0v) is 18.3. The molecule has 0 saturated heterocycles. The molecular formula is C21H30ClN3O2S. The molecule has 2 amide bonds. The summed E-state index contributed by atoms with van der Waals surface area (Å²) in [6.45, 7) is 6.95. The lowest BCUT2D eigenvalue weighted by Crippen LogP contribution is -2.48. The zero-order valence-electron chi connectivity index (χ0n) is 16.7. The lowest BCUT2D eigenvalue weighted by atomic mass is 10.1. The van der Waals surface area contributed by atoms with Crippen LogP contribution in [0.25, 0.3) is 0 Å². The van der Waals surface area contributed by atoms with E-state index in [1.54, 1.807) is 16.2 Å². The SMILES string of the molecule is Cc1ccc(CN(CCc2ccccc2)C(=O)CNC(=O)[C@@H](N)C(C)C)s1.Cl. The third kappa shape index (κ3) is 7.62. The van der Waals surface area contributed by atoms with Crippen molar-refractivity contribution >= 4 is 35.6 Å². The molecule has 0 spiro atoms. The molecule has 0 radical (unpaired) electrons. The van der Waals surface area contributed by atoms with Crippen LogP contribution in [-0.2, 0) is 22.6 Å². The van der Waals surface area contributed by atoms with Crippen molar-refractivity contribution in [3.63, 3.8) is 0 Å². The zero-order chi connectivity index (χ0) is 19.8. The Bertz CT molecular complexity index is 749. The van der Waals surface area contributed by atoms with Gasteiger partial charge in [0.05, 0.1) is 19.1 Å². The summed E-state index contributed by atoms with van der Waals surface area (Å²) in [5, 5.41) is 2.68. The van der Waals surface area contributed by atoms with Crippen molar-refractivity contribution in [2.75, 3.05) is 13.1 Å². The number of aryl methyl sites for hydroxylation is 1. The molecule has 154 valence electrons. The van der Waals surface area contributed by atoms with Crippen LogP contribution in [0.1, 0.15) is 29.2 Å². The molecule has 0 bridgehead atoms. The van der Waals surface area contributed by atoms with Crippen molar-refractivity contribution in [3.8, 4) is 0 Å². The minimum atomic E-state index is -0.601. The third-order valence-corrected chi connectivity index (χ3v) is 5.43. The van der Waals surface area contributed by atoms with Gasteiger partial charge in [-0.2, -0.15) is 0 Å². The number of rotatable bonds is 9. The van der Waals surface area contributed by atoms with Gasteiger partial charge in [0.15, 0.2) is 0 Å². The number of benzene rings is 1. The van der Waals surface area contributed by atoms with Gasteiger partial charge in [0.1, 0.15) is 0 Å². The molecule has 1 heterocycles. The van der Waals surface area contributed by atoms with Gasteiger partial charge in [0.2, 0.25) is 11.8 Å². The number of carbonyl (C=O) groups is 2. The first-order valence-electron chi connectivity index (χ1n) is 9.27. The van der Waals surface area contributed by atoms with Gasteiger partial charge in [-0.25, -0.2) is 0 Å². The molecule has 0 unspecified atom stereocenters. The molecule has 3 N–H and O–H groups in total. The largest absolute Gasteiger partial charge is 0.346 e. The molecule has 7 heteroatoms. The molecule has 0 saturated carbocycles. The average molecular weight is 424 g/mol. The van der Waals surface area contributed by atoms with E-state index in [-0.39, 0.29) is 36.7 Å². The lowest BCUT2D eigenvalue weighted by Gasteiger charge is -2.23. The van der Waals surface area contributed by atoms with E-state index in [2.05, 4.69) is 36.5 Å². The molecule has 1 aromatic carbocycles. The smallest absolute Gasteiger partial charge is 0.242 e. The molecule has 28 heavy (non-hydrogen) atoms. The van der Waals surface area contributed by atoms with Gasteiger partial charge in [0, 0.05) is 16.3 Å². The number of hydrogen-bond acceptors (Lipinski definition) is 4. The Kier molecular flexibility index (Phi) is 10.2. The van der Waals surface area contributed by atoms with E-state index in [9.17, 15) is 9.59 Å². The second kappa shape index (κ2) is 11.8. The van der Waals surface area contributed by atoms with Crippen LogP contribution in [0.15, 0.2) is 42.5 Å². The lowest BCUT2D eigenvalue weighted by molar-refractivity contribution is -0.133. The number of nitrogens with zero attached hydrogens (tertiary/aromatic N) is 1. The first-order valence-corrected chi connectivity index (χ1v) is 10.1. The van der Waals surface area contributed by atoms with Crippen LogP contribution in [0.4, 0.5) is 0 Å². The second-order valence-electron chi connectivity index (χ2n) is 7.05. The molecule has 0 fully saturated rings. The van der Waals surface area contributed by atoms with Crippen molar-refractivity contribution in [1.82, 2.24) is 10.2 Å². The predicted octanol–water partition coefficient (Wildman–Crippen LogP) is 3.15. The molecule has 0 aliphatic carbocycles. The summed E-state index contributed by atoms with van der Waals surface area (Å²) in [6, 6.07) is 13.6. The fourth-order valence-electron chi connectivity index (χ4n) is 2.65. The quantitative estimate of drug-likeness (QED) is 0.650. The summed E-state index contributed by atoms with van der Waals surface area (Å²) in [4.78, 5) is 29.0. The van der Waals surface area contributed by atoms with E-state index in [1.165, 1.54) is 10.4 Å². The molecule has 0 aliphatic heterocycles. The number of nitrogens with two attached hydrogens (primary N) is 1. The molecular weight excluding hydrogens is 394 g/mol. The van der Waals surface area contributed by atoms with Gasteiger partial charge in [-0.15, -0.1) is 23.7 Å². The van der Waals surface area contributed by atoms with Crippen molar-refractivity contribution in [2.24, 2.45) is 11.7 Å². The molecule has 5 nitrogen and oxygen atoms in total. The van der Waals surface area contributed by atoms with Crippen LogP contribution in [0, 0.1) is 12.8 Å². The highest BCUT2D eigenvalue weighted by Gasteiger charge is 2.20. The molecule has 2 rings (SSSR count). The van der Waals surface area contributed by atoms with Crippen molar-refractivity contribution in [1.29, 1.82) is 0 Å². The summed E-state index contributed by atoms with van der Waals surface area (Å²) < 4.78 is 0. The molecule has 1 aromatic heterocycles. The topological polar surface area (TPSA) is 75.4 Å². The maximum Gasteiger partial charge on any atom is 0.242 e. The van der Waals surface area contributed by atoms with Crippen LogP contribution in [0.2, 0.25) is 0 Å². The van der Waals surface area contributed by atoms with E-state index >= 15 is 0 Å². The first-order chi connectivity index (χ1) is 12.9.